The van der Waals surface area contributed by atoms with Crippen molar-refractivity contribution in [2.45, 2.75) is 18.2 Å². The molecule has 0 bridgehead atoms. The van der Waals surface area contributed by atoms with Crippen LogP contribution in [0.25, 0.3) is 10.2 Å². The van der Waals surface area contributed by atoms with Crippen LogP contribution in [0.3, 0.4) is 0 Å². The highest BCUT2D eigenvalue weighted by Gasteiger charge is 2.20. The Morgan fingerprint density at radius 3 is 2.63 bits per heavy atom. The third kappa shape index (κ3) is 6.35. The highest BCUT2D eigenvalue weighted by Crippen LogP contribution is 2.32. The molecule has 0 aliphatic rings. The van der Waals surface area contributed by atoms with Crippen molar-refractivity contribution in [3.63, 3.8) is 0 Å². The molecule has 0 unspecified atom stereocenters. The first-order valence-corrected chi connectivity index (χ1v) is 12.0. The maximum atomic E-state index is 13.1. The minimum absolute atomic E-state index is 0.0856. The molecule has 0 fully saturated rings. The van der Waals surface area contributed by atoms with Crippen molar-refractivity contribution in [3.05, 3.63) is 47.5 Å². The third-order valence-electron chi connectivity index (χ3n) is 4.36. The number of thioether (sulfide) groups is 1. The van der Waals surface area contributed by atoms with Crippen molar-refractivity contribution in [2.75, 3.05) is 44.4 Å². The van der Waals surface area contributed by atoms with Crippen LogP contribution in [0.1, 0.15) is 13.3 Å². The Morgan fingerprint density at radius 2 is 1.93 bits per heavy atom. The number of fused-ring (bicyclic) bond motifs is 1. The van der Waals surface area contributed by atoms with Gasteiger partial charge in [-0.25, -0.2) is 4.98 Å². The quantitative estimate of drug-likeness (QED) is 0.375. The Hall–Kier alpha value is -1.80. The molecule has 0 radical (unpaired) electrons. The topological polar surface area (TPSA) is 45.7 Å². The van der Waals surface area contributed by atoms with Gasteiger partial charge in [-0.3, -0.25) is 9.69 Å². The monoisotopic (exact) mass is 463 g/mol. The second kappa shape index (κ2) is 11.0. The van der Waals surface area contributed by atoms with Gasteiger partial charge in [0.1, 0.15) is 5.75 Å². The first-order chi connectivity index (χ1) is 14.5. The van der Waals surface area contributed by atoms with Gasteiger partial charge in [-0.1, -0.05) is 22.9 Å². The largest absolute Gasteiger partial charge is 0.494 e. The first kappa shape index (κ1) is 22.9. The van der Waals surface area contributed by atoms with Gasteiger partial charge < -0.3 is 9.64 Å². The summed E-state index contributed by atoms with van der Waals surface area (Å²) in [5.74, 6) is 1.62. The summed E-state index contributed by atoms with van der Waals surface area (Å²) >= 11 is 9.13. The molecule has 0 aliphatic carbocycles. The molecule has 5 nitrogen and oxygen atoms in total. The molecule has 3 rings (SSSR count). The van der Waals surface area contributed by atoms with E-state index < -0.39 is 0 Å². The van der Waals surface area contributed by atoms with E-state index >= 15 is 0 Å². The smallest absolute Gasteiger partial charge is 0.229 e. The van der Waals surface area contributed by atoms with Crippen LogP contribution in [0.15, 0.2) is 47.4 Å². The summed E-state index contributed by atoms with van der Waals surface area (Å²) in [4.78, 5) is 22.8. The van der Waals surface area contributed by atoms with Gasteiger partial charge in [0.2, 0.25) is 5.91 Å². The number of ether oxygens (including phenoxy) is 1. The normalized spacial score (nSPS) is 11.2. The van der Waals surface area contributed by atoms with E-state index in [1.165, 1.54) is 11.3 Å². The van der Waals surface area contributed by atoms with E-state index in [4.69, 9.17) is 21.3 Å². The average Bonchev–Trinajstić information content (AvgIpc) is 3.12. The maximum Gasteiger partial charge on any atom is 0.229 e. The molecule has 0 spiro atoms. The number of rotatable bonds is 10. The maximum absolute atomic E-state index is 13.1. The zero-order valence-electron chi connectivity index (χ0n) is 17.4. The zero-order valence-corrected chi connectivity index (χ0v) is 19.8. The van der Waals surface area contributed by atoms with E-state index in [0.29, 0.717) is 30.3 Å². The van der Waals surface area contributed by atoms with Crippen molar-refractivity contribution in [1.29, 1.82) is 0 Å². The standard InChI is InChI=1S/C22H26ClN3O2S2/c1-4-28-17-7-10-19-20(15-17)30-22(24-19)26(13-12-25(2)3)21(27)11-14-29-18-8-5-16(23)6-9-18/h5-10,15H,4,11-14H2,1-3H3. The molecule has 0 atom stereocenters. The first-order valence-electron chi connectivity index (χ1n) is 9.83. The molecule has 8 heteroatoms. The van der Waals surface area contributed by atoms with Crippen molar-refractivity contribution in [1.82, 2.24) is 9.88 Å². The Balaban J connectivity index is 1.71. The lowest BCUT2D eigenvalue weighted by Gasteiger charge is -2.22. The Bertz CT molecular complexity index is 976. The number of anilines is 1. The van der Waals surface area contributed by atoms with Crippen molar-refractivity contribution in [2.24, 2.45) is 0 Å². The molecule has 0 saturated heterocycles. The fourth-order valence-corrected chi connectivity index (χ4v) is 4.82. The van der Waals surface area contributed by atoms with Gasteiger partial charge in [-0.15, -0.1) is 11.8 Å². The summed E-state index contributed by atoms with van der Waals surface area (Å²) in [6.07, 6.45) is 0.445. The second-order valence-electron chi connectivity index (χ2n) is 6.96. The van der Waals surface area contributed by atoms with Crippen LogP contribution in [0.4, 0.5) is 5.13 Å². The van der Waals surface area contributed by atoms with Crippen LogP contribution >= 0.6 is 34.7 Å². The number of benzene rings is 2. The van der Waals surface area contributed by atoms with E-state index in [0.717, 1.165) is 32.5 Å². The lowest BCUT2D eigenvalue weighted by Crippen LogP contribution is -2.36. The van der Waals surface area contributed by atoms with E-state index in [-0.39, 0.29) is 5.91 Å². The second-order valence-corrected chi connectivity index (χ2v) is 9.57. The number of thiazole rings is 1. The molecule has 30 heavy (non-hydrogen) atoms. The lowest BCUT2D eigenvalue weighted by atomic mass is 10.3. The number of carbonyl (C=O) groups excluding carboxylic acids is 1. The lowest BCUT2D eigenvalue weighted by molar-refractivity contribution is -0.118. The van der Waals surface area contributed by atoms with Crippen LogP contribution in [0.5, 0.6) is 5.75 Å². The van der Waals surface area contributed by atoms with Crippen molar-refractivity contribution < 1.29 is 9.53 Å². The summed E-state index contributed by atoms with van der Waals surface area (Å²) in [6, 6.07) is 13.6. The molecule has 160 valence electrons. The number of hydrogen-bond donors (Lipinski definition) is 0. The summed E-state index contributed by atoms with van der Waals surface area (Å²) in [6.45, 7) is 3.97. The number of carbonyl (C=O) groups is 1. The predicted molar refractivity (Wildman–Crippen MR) is 128 cm³/mol. The molecular formula is C22H26ClN3O2S2. The summed E-state index contributed by atoms with van der Waals surface area (Å²) in [7, 11) is 4.01. The zero-order chi connectivity index (χ0) is 21.5. The summed E-state index contributed by atoms with van der Waals surface area (Å²) in [5.41, 5.74) is 0.886. The van der Waals surface area contributed by atoms with Gasteiger partial charge in [0, 0.05) is 35.2 Å². The van der Waals surface area contributed by atoms with Crippen molar-refractivity contribution in [3.8, 4) is 5.75 Å². The van der Waals surface area contributed by atoms with Crippen molar-refractivity contribution >= 4 is 56.0 Å². The highest BCUT2D eigenvalue weighted by molar-refractivity contribution is 7.99. The average molecular weight is 464 g/mol. The minimum atomic E-state index is 0.0856. The van der Waals surface area contributed by atoms with E-state index in [9.17, 15) is 4.79 Å². The van der Waals surface area contributed by atoms with Crippen LogP contribution in [-0.4, -0.2) is 55.3 Å². The third-order valence-corrected chi connectivity index (χ3v) is 6.67. The summed E-state index contributed by atoms with van der Waals surface area (Å²) < 4.78 is 6.62. The van der Waals surface area contributed by atoms with Crippen LogP contribution in [0.2, 0.25) is 5.02 Å². The number of halogens is 1. The molecule has 1 amide bonds. The van der Waals surface area contributed by atoms with Gasteiger partial charge in [0.25, 0.3) is 0 Å². The molecule has 0 saturated carbocycles. The van der Waals surface area contributed by atoms with Crippen LogP contribution < -0.4 is 9.64 Å². The molecule has 1 heterocycles. The molecule has 0 aliphatic heterocycles. The fraction of sp³-hybridized carbons (Fsp3) is 0.364. The fourth-order valence-electron chi connectivity index (χ4n) is 2.81. The Labute approximate surface area is 191 Å². The number of likely N-dealkylation sites (N-methyl/N-ethyl adjacent to an activating group) is 1. The predicted octanol–water partition coefficient (Wildman–Crippen LogP) is 5.43. The van der Waals surface area contributed by atoms with Gasteiger partial charge in [0.05, 0.1) is 16.8 Å². The van der Waals surface area contributed by atoms with E-state index in [2.05, 4.69) is 4.90 Å². The Morgan fingerprint density at radius 1 is 1.17 bits per heavy atom. The molecule has 2 aromatic carbocycles. The number of nitrogens with zero attached hydrogens (tertiary/aromatic N) is 3. The van der Waals surface area contributed by atoms with Gasteiger partial charge in [-0.05, 0) is 63.5 Å². The number of amides is 1. The SMILES string of the molecule is CCOc1ccc2nc(N(CCN(C)C)C(=O)CCSc3ccc(Cl)cc3)sc2c1. The van der Waals surface area contributed by atoms with E-state index in [1.807, 2.05) is 68.4 Å². The number of hydrogen-bond acceptors (Lipinski definition) is 6. The Kier molecular flexibility index (Phi) is 8.39. The van der Waals surface area contributed by atoms with E-state index in [1.54, 1.807) is 11.8 Å². The molecular weight excluding hydrogens is 438 g/mol. The van der Waals surface area contributed by atoms with Gasteiger partial charge >= 0.3 is 0 Å². The highest BCUT2D eigenvalue weighted by atomic mass is 35.5. The minimum Gasteiger partial charge on any atom is -0.494 e. The van der Waals surface area contributed by atoms with Gasteiger partial charge in [-0.2, -0.15) is 0 Å². The molecule has 0 N–H and O–H groups in total. The summed E-state index contributed by atoms with van der Waals surface area (Å²) in [5, 5.41) is 1.45. The molecule has 1 aromatic heterocycles. The molecule has 3 aromatic rings. The van der Waals surface area contributed by atoms with Crippen LogP contribution in [-0.2, 0) is 4.79 Å². The number of aromatic nitrogens is 1. The van der Waals surface area contributed by atoms with Crippen LogP contribution in [0, 0.1) is 0 Å². The van der Waals surface area contributed by atoms with Gasteiger partial charge in [0.15, 0.2) is 5.13 Å².